The summed E-state index contributed by atoms with van der Waals surface area (Å²) in [7, 11) is 0. The average molecular weight is 369 g/mol. The molecule has 0 saturated carbocycles. The number of esters is 1. The van der Waals surface area contributed by atoms with Crippen LogP contribution < -0.4 is 0 Å². The lowest BCUT2D eigenvalue weighted by Crippen LogP contribution is -2.08. The molecule has 2 nitrogen and oxygen atoms in total. The van der Waals surface area contributed by atoms with Gasteiger partial charge in [-0.3, -0.25) is 4.79 Å². The van der Waals surface area contributed by atoms with Gasteiger partial charge in [-0.1, -0.05) is 99.3 Å². The first-order valence-corrected chi connectivity index (χ1v) is 11.4. The largest absolute Gasteiger partial charge is 0.466 e. The molecule has 1 unspecified atom stereocenters. The van der Waals surface area contributed by atoms with Crippen LogP contribution in [0.15, 0.2) is 0 Å². The highest BCUT2D eigenvalue weighted by atomic mass is 16.5. The van der Waals surface area contributed by atoms with E-state index in [1.54, 1.807) is 0 Å². The minimum Gasteiger partial charge on any atom is -0.466 e. The number of unbranched alkanes of at least 4 members (excludes halogenated alkanes) is 6. The summed E-state index contributed by atoms with van der Waals surface area (Å²) in [5, 5.41) is 0. The number of hydrogen-bond donors (Lipinski definition) is 0. The first-order chi connectivity index (χ1) is 12.2. The maximum Gasteiger partial charge on any atom is 0.305 e. The van der Waals surface area contributed by atoms with Gasteiger partial charge in [0.25, 0.3) is 0 Å². The summed E-state index contributed by atoms with van der Waals surface area (Å²) in [5.41, 5.74) is 0.478. The van der Waals surface area contributed by atoms with Crippen molar-refractivity contribution in [2.45, 2.75) is 125 Å². The van der Waals surface area contributed by atoms with Gasteiger partial charge in [-0.15, -0.1) is 0 Å². The van der Waals surface area contributed by atoms with E-state index in [0.29, 0.717) is 24.4 Å². The van der Waals surface area contributed by atoms with Crippen LogP contribution in [0.4, 0.5) is 0 Å². The molecule has 0 N–H and O–H groups in total. The molecule has 0 amide bonds. The van der Waals surface area contributed by atoms with Crippen LogP contribution in [0.2, 0.25) is 0 Å². The molecule has 0 aliphatic rings. The molecule has 0 aliphatic heterocycles. The third-order valence-electron chi connectivity index (χ3n) is 5.16. The van der Waals surface area contributed by atoms with Crippen molar-refractivity contribution >= 4 is 5.97 Å². The van der Waals surface area contributed by atoms with Gasteiger partial charge in [0.15, 0.2) is 0 Å². The van der Waals surface area contributed by atoms with E-state index in [9.17, 15) is 4.79 Å². The van der Waals surface area contributed by atoms with Gasteiger partial charge in [0.1, 0.15) is 0 Å². The van der Waals surface area contributed by atoms with Gasteiger partial charge in [0.05, 0.1) is 6.61 Å². The zero-order valence-electron chi connectivity index (χ0n) is 18.9. The van der Waals surface area contributed by atoms with Crippen molar-refractivity contribution in [1.82, 2.24) is 0 Å². The Hall–Kier alpha value is -0.530. The fourth-order valence-electron chi connectivity index (χ4n) is 3.27. The van der Waals surface area contributed by atoms with E-state index in [2.05, 4.69) is 41.5 Å². The quantitative estimate of drug-likeness (QED) is 0.204. The van der Waals surface area contributed by atoms with Crippen LogP contribution >= 0.6 is 0 Å². The van der Waals surface area contributed by atoms with Crippen LogP contribution in [0.3, 0.4) is 0 Å². The van der Waals surface area contributed by atoms with E-state index in [-0.39, 0.29) is 5.97 Å². The molecule has 2 heteroatoms. The van der Waals surface area contributed by atoms with Crippen molar-refractivity contribution < 1.29 is 9.53 Å². The van der Waals surface area contributed by atoms with E-state index in [1.165, 1.54) is 64.2 Å². The molecule has 26 heavy (non-hydrogen) atoms. The maximum absolute atomic E-state index is 11.8. The van der Waals surface area contributed by atoms with E-state index in [4.69, 9.17) is 4.74 Å². The number of rotatable bonds is 16. The second-order valence-electron chi connectivity index (χ2n) is 9.97. The Morgan fingerprint density at radius 1 is 0.769 bits per heavy atom. The van der Waals surface area contributed by atoms with Gasteiger partial charge in [-0.05, 0) is 36.5 Å². The minimum absolute atomic E-state index is 0.00422. The standard InChI is InChI=1S/C24H48O2/c1-21(2)15-14-16-22(3)18-20-26-23(25)17-12-10-8-7-9-11-13-19-24(4,5)6/h21-22H,7-20H2,1-6H3. The predicted octanol–water partition coefficient (Wildman–Crippen LogP) is 7.94. The molecule has 0 aromatic carbocycles. The molecule has 1 atom stereocenters. The van der Waals surface area contributed by atoms with E-state index in [0.717, 1.165) is 18.8 Å². The normalized spacial score (nSPS) is 13.2. The van der Waals surface area contributed by atoms with Crippen molar-refractivity contribution in [2.24, 2.45) is 17.3 Å². The molecule has 0 bridgehead atoms. The molecule has 0 aromatic heterocycles. The summed E-state index contributed by atoms with van der Waals surface area (Å²) in [6.07, 6.45) is 15.6. The van der Waals surface area contributed by atoms with Crippen molar-refractivity contribution in [1.29, 1.82) is 0 Å². The Morgan fingerprint density at radius 2 is 1.35 bits per heavy atom. The van der Waals surface area contributed by atoms with Gasteiger partial charge in [0, 0.05) is 6.42 Å². The maximum atomic E-state index is 11.8. The molecule has 0 rings (SSSR count). The summed E-state index contributed by atoms with van der Waals surface area (Å²) < 4.78 is 5.39. The van der Waals surface area contributed by atoms with Gasteiger partial charge in [-0.25, -0.2) is 0 Å². The summed E-state index contributed by atoms with van der Waals surface area (Å²) in [6, 6.07) is 0. The lowest BCUT2D eigenvalue weighted by atomic mass is 9.89. The van der Waals surface area contributed by atoms with Gasteiger partial charge < -0.3 is 4.74 Å². The first kappa shape index (κ1) is 25.5. The second kappa shape index (κ2) is 15.5. The summed E-state index contributed by atoms with van der Waals surface area (Å²) in [4.78, 5) is 11.8. The van der Waals surface area contributed by atoms with Crippen LogP contribution in [0.1, 0.15) is 125 Å². The average Bonchev–Trinajstić information content (AvgIpc) is 2.51. The Labute approximate surface area is 164 Å². The molecule has 0 aliphatic carbocycles. The molecule has 0 aromatic rings. The molecular weight excluding hydrogens is 320 g/mol. The highest BCUT2D eigenvalue weighted by Crippen LogP contribution is 2.22. The molecule has 0 spiro atoms. The van der Waals surface area contributed by atoms with Crippen LogP contribution in [-0.2, 0) is 9.53 Å². The zero-order chi connectivity index (χ0) is 19.8. The van der Waals surface area contributed by atoms with E-state index in [1.807, 2.05) is 0 Å². The molecular formula is C24H48O2. The number of hydrogen-bond acceptors (Lipinski definition) is 2. The number of carbonyl (C=O) groups is 1. The highest BCUT2D eigenvalue weighted by Gasteiger charge is 2.09. The fraction of sp³-hybridized carbons (Fsp3) is 0.958. The Morgan fingerprint density at radius 3 is 1.92 bits per heavy atom. The lowest BCUT2D eigenvalue weighted by Gasteiger charge is -2.17. The minimum atomic E-state index is 0.00422. The molecule has 156 valence electrons. The fourth-order valence-corrected chi connectivity index (χ4v) is 3.27. The third-order valence-corrected chi connectivity index (χ3v) is 5.16. The summed E-state index contributed by atoms with van der Waals surface area (Å²) >= 11 is 0. The van der Waals surface area contributed by atoms with Gasteiger partial charge in [0.2, 0.25) is 0 Å². The van der Waals surface area contributed by atoms with Crippen LogP contribution in [0, 0.1) is 17.3 Å². The van der Waals surface area contributed by atoms with E-state index >= 15 is 0 Å². The smallest absolute Gasteiger partial charge is 0.305 e. The summed E-state index contributed by atoms with van der Waals surface area (Å²) in [6.45, 7) is 14.4. The Balaban J connectivity index is 3.36. The highest BCUT2D eigenvalue weighted by molar-refractivity contribution is 5.69. The predicted molar refractivity (Wildman–Crippen MR) is 114 cm³/mol. The Kier molecular flexibility index (Phi) is 15.2. The topological polar surface area (TPSA) is 26.3 Å². The van der Waals surface area contributed by atoms with Crippen LogP contribution in [0.5, 0.6) is 0 Å². The number of ether oxygens (including phenoxy) is 1. The second-order valence-corrected chi connectivity index (χ2v) is 9.97. The van der Waals surface area contributed by atoms with Crippen molar-refractivity contribution in [3.63, 3.8) is 0 Å². The zero-order valence-corrected chi connectivity index (χ0v) is 18.9. The van der Waals surface area contributed by atoms with Crippen LogP contribution in [-0.4, -0.2) is 12.6 Å². The Bertz CT molecular complexity index is 328. The summed E-state index contributed by atoms with van der Waals surface area (Å²) in [5.74, 6) is 1.47. The van der Waals surface area contributed by atoms with E-state index < -0.39 is 0 Å². The first-order valence-electron chi connectivity index (χ1n) is 11.4. The van der Waals surface area contributed by atoms with Crippen molar-refractivity contribution in [3.05, 3.63) is 0 Å². The van der Waals surface area contributed by atoms with Crippen molar-refractivity contribution in [2.75, 3.05) is 6.61 Å². The molecule has 0 heterocycles. The monoisotopic (exact) mass is 368 g/mol. The number of carbonyl (C=O) groups excluding carboxylic acids is 1. The molecule has 0 radical (unpaired) electrons. The SMILES string of the molecule is CC(C)CCCC(C)CCOC(=O)CCCCCCCCCC(C)(C)C. The molecule has 0 fully saturated rings. The lowest BCUT2D eigenvalue weighted by molar-refractivity contribution is -0.144. The van der Waals surface area contributed by atoms with Crippen molar-refractivity contribution in [3.8, 4) is 0 Å². The molecule has 0 saturated heterocycles. The third kappa shape index (κ3) is 19.8. The van der Waals surface area contributed by atoms with Crippen LogP contribution in [0.25, 0.3) is 0 Å². The van der Waals surface area contributed by atoms with Gasteiger partial charge in [-0.2, -0.15) is 0 Å². The van der Waals surface area contributed by atoms with Gasteiger partial charge >= 0.3 is 5.97 Å².